The molecule has 0 aromatic heterocycles. The Balaban J connectivity index is 2.61. The first kappa shape index (κ1) is 6.26. The molecule has 0 bridgehead atoms. The van der Waals surface area contributed by atoms with Crippen LogP contribution >= 0.6 is 0 Å². The minimum atomic E-state index is -0.155. The van der Waals surface area contributed by atoms with E-state index in [1.54, 1.807) is 7.05 Å². The number of nitrogens with zero attached hydrogens (tertiary/aromatic N) is 1. The van der Waals surface area contributed by atoms with Crippen LogP contribution in [0.1, 0.15) is 12.8 Å². The number of carbonyl (C=O) groups is 2. The molecule has 0 aromatic rings. The molecule has 0 aromatic carbocycles. The van der Waals surface area contributed by atoms with Crippen LogP contribution in [-0.2, 0) is 9.59 Å². The Morgan fingerprint density at radius 1 is 1.78 bits per heavy atom. The van der Waals surface area contributed by atoms with Gasteiger partial charge in [-0.05, 0) is 6.42 Å². The van der Waals surface area contributed by atoms with Gasteiger partial charge in [-0.1, -0.05) is 0 Å². The number of hydrogen-bond donors (Lipinski definition) is 0. The van der Waals surface area contributed by atoms with Crippen LogP contribution < -0.4 is 0 Å². The van der Waals surface area contributed by atoms with Gasteiger partial charge in [-0.3, -0.25) is 4.79 Å². The average Bonchev–Trinajstić information content (AvgIpc) is 2.15. The number of hydrogen-bond acceptors (Lipinski definition) is 2. The monoisotopic (exact) mass is 127 g/mol. The smallest absolute Gasteiger partial charge is 0.223 e. The van der Waals surface area contributed by atoms with Crippen LogP contribution in [0.15, 0.2) is 0 Å². The molecule has 0 aliphatic carbocycles. The van der Waals surface area contributed by atoms with Crippen molar-refractivity contribution in [1.29, 1.82) is 0 Å². The normalized spacial score (nSPS) is 27.0. The highest BCUT2D eigenvalue weighted by molar-refractivity contribution is 5.83. The van der Waals surface area contributed by atoms with Gasteiger partial charge < -0.3 is 9.69 Å². The molecule has 0 spiro atoms. The molecule has 1 aliphatic heterocycles. The van der Waals surface area contributed by atoms with Crippen molar-refractivity contribution in [3.63, 3.8) is 0 Å². The fourth-order valence-corrected chi connectivity index (χ4v) is 0.986. The SMILES string of the molecule is CN1C(=O)CCC1C=O. The summed E-state index contributed by atoms with van der Waals surface area (Å²) in [5.41, 5.74) is 0. The molecule has 3 heteroatoms. The molecule has 50 valence electrons. The lowest BCUT2D eigenvalue weighted by Crippen LogP contribution is -2.29. The predicted octanol–water partition coefficient (Wildman–Crippen LogP) is -0.194. The van der Waals surface area contributed by atoms with Crippen LogP contribution in [0.5, 0.6) is 0 Å². The molecule has 1 rings (SSSR count). The van der Waals surface area contributed by atoms with Crippen LogP contribution in [0, 0.1) is 0 Å². The molecule has 3 nitrogen and oxygen atoms in total. The largest absolute Gasteiger partial charge is 0.336 e. The number of amides is 1. The Kier molecular flexibility index (Phi) is 1.51. The summed E-state index contributed by atoms with van der Waals surface area (Å²) < 4.78 is 0. The molecular weight excluding hydrogens is 118 g/mol. The van der Waals surface area contributed by atoms with Gasteiger partial charge in [0.25, 0.3) is 0 Å². The molecule has 0 radical (unpaired) electrons. The summed E-state index contributed by atoms with van der Waals surface area (Å²) in [5.74, 6) is 0.0760. The van der Waals surface area contributed by atoms with Crippen molar-refractivity contribution in [1.82, 2.24) is 4.90 Å². The Morgan fingerprint density at radius 3 is 2.67 bits per heavy atom. The number of rotatable bonds is 1. The maximum Gasteiger partial charge on any atom is 0.223 e. The number of carbonyl (C=O) groups excluding carboxylic acids is 2. The van der Waals surface area contributed by atoms with Crippen molar-refractivity contribution in [2.45, 2.75) is 18.9 Å². The maximum atomic E-state index is 10.7. The van der Waals surface area contributed by atoms with E-state index in [0.717, 1.165) is 6.29 Å². The van der Waals surface area contributed by atoms with Crippen LogP contribution in [-0.4, -0.2) is 30.2 Å². The molecule has 0 N–H and O–H groups in total. The van der Waals surface area contributed by atoms with Gasteiger partial charge in [-0.2, -0.15) is 0 Å². The zero-order chi connectivity index (χ0) is 6.85. The lowest BCUT2D eigenvalue weighted by Gasteiger charge is -2.12. The van der Waals surface area contributed by atoms with Gasteiger partial charge in [0.2, 0.25) is 5.91 Å². The molecule has 1 unspecified atom stereocenters. The van der Waals surface area contributed by atoms with Gasteiger partial charge in [-0.15, -0.1) is 0 Å². The van der Waals surface area contributed by atoms with Crippen molar-refractivity contribution in [3.8, 4) is 0 Å². The van der Waals surface area contributed by atoms with E-state index in [0.29, 0.717) is 12.8 Å². The van der Waals surface area contributed by atoms with Crippen molar-refractivity contribution >= 4 is 12.2 Å². The van der Waals surface area contributed by atoms with Gasteiger partial charge in [0.05, 0.1) is 6.04 Å². The topological polar surface area (TPSA) is 37.4 Å². The lowest BCUT2D eigenvalue weighted by atomic mass is 10.2. The van der Waals surface area contributed by atoms with Crippen LogP contribution in [0.25, 0.3) is 0 Å². The van der Waals surface area contributed by atoms with E-state index in [-0.39, 0.29) is 11.9 Å². The Morgan fingerprint density at radius 2 is 2.44 bits per heavy atom. The molecule has 0 saturated carbocycles. The lowest BCUT2D eigenvalue weighted by molar-refractivity contribution is -0.129. The average molecular weight is 127 g/mol. The Bertz CT molecular complexity index is 144. The minimum absolute atomic E-state index is 0.0760. The van der Waals surface area contributed by atoms with Gasteiger partial charge >= 0.3 is 0 Å². The van der Waals surface area contributed by atoms with Gasteiger partial charge in [-0.25, -0.2) is 0 Å². The second-order valence-electron chi connectivity index (χ2n) is 2.25. The minimum Gasteiger partial charge on any atom is -0.336 e. The zero-order valence-corrected chi connectivity index (χ0v) is 5.33. The first-order valence-corrected chi connectivity index (χ1v) is 2.96. The van der Waals surface area contributed by atoms with E-state index in [9.17, 15) is 9.59 Å². The van der Waals surface area contributed by atoms with Crippen molar-refractivity contribution in [3.05, 3.63) is 0 Å². The van der Waals surface area contributed by atoms with E-state index in [4.69, 9.17) is 0 Å². The van der Waals surface area contributed by atoms with Crippen molar-refractivity contribution in [2.24, 2.45) is 0 Å². The third kappa shape index (κ3) is 0.943. The molecular formula is C6H9NO2. The Hall–Kier alpha value is -0.860. The Labute approximate surface area is 53.6 Å². The van der Waals surface area contributed by atoms with Crippen molar-refractivity contribution in [2.75, 3.05) is 7.05 Å². The summed E-state index contributed by atoms with van der Waals surface area (Å²) in [5, 5.41) is 0. The summed E-state index contributed by atoms with van der Waals surface area (Å²) in [6.45, 7) is 0. The quantitative estimate of drug-likeness (QED) is 0.458. The van der Waals surface area contributed by atoms with Crippen LogP contribution in [0.3, 0.4) is 0 Å². The molecule has 1 atom stereocenters. The highest BCUT2D eigenvalue weighted by atomic mass is 16.2. The molecule has 1 heterocycles. The van der Waals surface area contributed by atoms with E-state index in [1.165, 1.54) is 4.90 Å². The summed E-state index contributed by atoms with van der Waals surface area (Å²) in [7, 11) is 1.66. The summed E-state index contributed by atoms with van der Waals surface area (Å²) >= 11 is 0. The number of aldehydes is 1. The molecule has 1 amide bonds. The van der Waals surface area contributed by atoms with E-state index in [2.05, 4.69) is 0 Å². The second kappa shape index (κ2) is 2.17. The van der Waals surface area contributed by atoms with Crippen LogP contribution in [0.2, 0.25) is 0 Å². The summed E-state index contributed by atoms with van der Waals surface area (Å²) in [6.07, 6.45) is 2.05. The third-order valence-electron chi connectivity index (χ3n) is 1.70. The number of likely N-dealkylation sites (tertiary alicyclic amines) is 1. The second-order valence-corrected chi connectivity index (χ2v) is 2.25. The fraction of sp³-hybridized carbons (Fsp3) is 0.667. The molecule has 9 heavy (non-hydrogen) atoms. The van der Waals surface area contributed by atoms with Gasteiger partial charge in [0, 0.05) is 13.5 Å². The molecule has 1 fully saturated rings. The number of likely N-dealkylation sites (N-methyl/N-ethyl adjacent to an activating group) is 1. The van der Waals surface area contributed by atoms with Crippen molar-refractivity contribution < 1.29 is 9.59 Å². The van der Waals surface area contributed by atoms with Crippen LogP contribution in [0.4, 0.5) is 0 Å². The van der Waals surface area contributed by atoms with E-state index in [1.807, 2.05) is 0 Å². The zero-order valence-electron chi connectivity index (χ0n) is 5.33. The van der Waals surface area contributed by atoms with Gasteiger partial charge in [0.15, 0.2) is 0 Å². The highest BCUT2D eigenvalue weighted by Gasteiger charge is 2.26. The standard InChI is InChI=1S/C6H9NO2/c1-7-5(4-8)2-3-6(7)9/h4-5H,2-3H2,1H3. The highest BCUT2D eigenvalue weighted by Crippen LogP contribution is 2.13. The van der Waals surface area contributed by atoms with E-state index < -0.39 is 0 Å². The third-order valence-corrected chi connectivity index (χ3v) is 1.70. The summed E-state index contributed by atoms with van der Waals surface area (Å²) in [4.78, 5) is 22.4. The predicted molar refractivity (Wildman–Crippen MR) is 31.9 cm³/mol. The maximum absolute atomic E-state index is 10.7. The van der Waals surface area contributed by atoms with E-state index >= 15 is 0 Å². The first-order valence-electron chi connectivity index (χ1n) is 2.96. The summed E-state index contributed by atoms with van der Waals surface area (Å²) in [6, 6.07) is -0.155. The fourth-order valence-electron chi connectivity index (χ4n) is 0.986. The van der Waals surface area contributed by atoms with Gasteiger partial charge in [0.1, 0.15) is 6.29 Å². The molecule has 1 aliphatic rings. The first-order chi connectivity index (χ1) is 4.25. The molecule has 1 saturated heterocycles.